The molecular formula is C15H14FN5. The summed E-state index contributed by atoms with van der Waals surface area (Å²) in [6.45, 7) is 0.370. The number of hydrogen-bond donors (Lipinski definition) is 1. The maximum atomic E-state index is 13.6. The lowest BCUT2D eigenvalue weighted by Gasteiger charge is -2.07. The van der Waals surface area contributed by atoms with Crippen molar-refractivity contribution in [3.8, 4) is 0 Å². The Bertz CT molecular complexity index is 794. The van der Waals surface area contributed by atoms with E-state index in [1.165, 1.54) is 25.2 Å². The zero-order valence-corrected chi connectivity index (χ0v) is 11.3. The Hall–Kier alpha value is -2.50. The van der Waals surface area contributed by atoms with Crippen molar-refractivity contribution in [2.45, 2.75) is 25.4 Å². The van der Waals surface area contributed by atoms with E-state index in [0.717, 1.165) is 11.2 Å². The van der Waals surface area contributed by atoms with Crippen molar-refractivity contribution in [2.75, 3.05) is 5.32 Å². The van der Waals surface area contributed by atoms with Gasteiger partial charge in [-0.3, -0.25) is 0 Å². The number of nitrogens with one attached hydrogen (secondary N) is 1. The van der Waals surface area contributed by atoms with Crippen LogP contribution in [-0.4, -0.2) is 19.5 Å². The van der Waals surface area contributed by atoms with E-state index in [9.17, 15) is 4.39 Å². The van der Waals surface area contributed by atoms with Crippen LogP contribution in [0.15, 0.2) is 36.9 Å². The average Bonchev–Trinajstić information content (AvgIpc) is 3.26. The van der Waals surface area contributed by atoms with Gasteiger partial charge in [0.05, 0.1) is 6.33 Å². The molecule has 4 rings (SSSR count). The number of fused-ring (bicyclic) bond motifs is 1. The first-order chi connectivity index (χ1) is 10.3. The highest BCUT2D eigenvalue weighted by Crippen LogP contribution is 2.37. The molecule has 1 fully saturated rings. The minimum Gasteiger partial charge on any atom is -0.364 e. The van der Waals surface area contributed by atoms with Crippen molar-refractivity contribution in [2.24, 2.45) is 0 Å². The monoisotopic (exact) mass is 283 g/mol. The number of hydrogen-bond acceptors (Lipinski definition) is 4. The topological polar surface area (TPSA) is 55.6 Å². The van der Waals surface area contributed by atoms with E-state index in [1.54, 1.807) is 12.1 Å². The second-order valence-electron chi connectivity index (χ2n) is 5.22. The van der Waals surface area contributed by atoms with Crippen LogP contribution >= 0.6 is 0 Å². The molecule has 6 heteroatoms. The van der Waals surface area contributed by atoms with Gasteiger partial charge >= 0.3 is 0 Å². The predicted octanol–water partition coefficient (Wildman–Crippen LogP) is 2.91. The van der Waals surface area contributed by atoms with Gasteiger partial charge < -0.3 is 9.88 Å². The second-order valence-corrected chi connectivity index (χ2v) is 5.22. The van der Waals surface area contributed by atoms with E-state index >= 15 is 0 Å². The third-order valence-electron chi connectivity index (χ3n) is 3.70. The van der Waals surface area contributed by atoms with Gasteiger partial charge in [0.1, 0.15) is 17.7 Å². The van der Waals surface area contributed by atoms with Crippen molar-refractivity contribution in [3.05, 3.63) is 48.3 Å². The first kappa shape index (κ1) is 12.3. The number of halogens is 1. The normalized spacial score (nSPS) is 14.5. The van der Waals surface area contributed by atoms with Crippen molar-refractivity contribution in [1.29, 1.82) is 0 Å². The standard InChI is InChI=1S/C15H14FN5/c16-12-4-2-1-3-10(12)7-17-14-13-15(19-8-18-14)21(9-20-13)11-5-6-11/h1-4,8-9,11H,5-7H2,(H,17,18,19). The van der Waals surface area contributed by atoms with Crippen LogP contribution in [0.3, 0.4) is 0 Å². The molecule has 21 heavy (non-hydrogen) atoms. The number of rotatable bonds is 4. The third-order valence-corrected chi connectivity index (χ3v) is 3.70. The van der Waals surface area contributed by atoms with Gasteiger partial charge in [-0.05, 0) is 18.9 Å². The van der Waals surface area contributed by atoms with Gasteiger partial charge in [0.25, 0.3) is 0 Å². The zero-order valence-electron chi connectivity index (χ0n) is 11.3. The summed E-state index contributed by atoms with van der Waals surface area (Å²) in [5, 5.41) is 3.15. The molecule has 1 aromatic carbocycles. The van der Waals surface area contributed by atoms with Gasteiger partial charge in [-0.1, -0.05) is 18.2 Å². The molecule has 5 nitrogen and oxygen atoms in total. The van der Waals surface area contributed by atoms with E-state index in [-0.39, 0.29) is 5.82 Å². The van der Waals surface area contributed by atoms with Crippen molar-refractivity contribution < 1.29 is 4.39 Å². The van der Waals surface area contributed by atoms with E-state index in [4.69, 9.17) is 0 Å². The molecule has 2 heterocycles. The molecule has 106 valence electrons. The lowest BCUT2D eigenvalue weighted by molar-refractivity contribution is 0.613. The fourth-order valence-electron chi connectivity index (χ4n) is 2.42. The largest absolute Gasteiger partial charge is 0.364 e. The lowest BCUT2D eigenvalue weighted by atomic mass is 10.2. The predicted molar refractivity (Wildman–Crippen MR) is 77.3 cm³/mol. The quantitative estimate of drug-likeness (QED) is 0.800. The summed E-state index contributed by atoms with van der Waals surface area (Å²) in [5.41, 5.74) is 2.18. The van der Waals surface area contributed by atoms with E-state index in [2.05, 4.69) is 24.8 Å². The molecule has 0 saturated heterocycles. The van der Waals surface area contributed by atoms with Crippen molar-refractivity contribution >= 4 is 17.0 Å². The summed E-state index contributed by atoms with van der Waals surface area (Å²) in [6, 6.07) is 7.22. The molecule has 0 bridgehead atoms. The second kappa shape index (κ2) is 4.80. The number of anilines is 1. The number of nitrogens with zero attached hydrogens (tertiary/aromatic N) is 4. The summed E-state index contributed by atoms with van der Waals surface area (Å²) in [5.74, 6) is 0.418. The van der Waals surface area contributed by atoms with Crippen LogP contribution in [0, 0.1) is 5.82 Å². The molecule has 1 saturated carbocycles. The molecule has 0 aliphatic heterocycles. The molecule has 0 unspecified atom stereocenters. The average molecular weight is 283 g/mol. The van der Waals surface area contributed by atoms with Crippen LogP contribution < -0.4 is 5.32 Å². The summed E-state index contributed by atoms with van der Waals surface area (Å²) < 4.78 is 15.7. The van der Waals surface area contributed by atoms with E-state index < -0.39 is 0 Å². The Balaban J connectivity index is 1.63. The molecular weight excluding hydrogens is 269 g/mol. The van der Waals surface area contributed by atoms with Crippen LogP contribution in [-0.2, 0) is 6.54 Å². The van der Waals surface area contributed by atoms with Gasteiger partial charge in [0.15, 0.2) is 11.5 Å². The van der Waals surface area contributed by atoms with E-state index in [0.29, 0.717) is 24.0 Å². The fourth-order valence-corrected chi connectivity index (χ4v) is 2.42. The molecule has 2 aromatic heterocycles. The number of aromatic nitrogens is 4. The summed E-state index contributed by atoms with van der Waals surface area (Å²) in [4.78, 5) is 12.9. The van der Waals surface area contributed by atoms with Crippen molar-refractivity contribution in [3.63, 3.8) is 0 Å². The molecule has 0 radical (unpaired) electrons. The minimum absolute atomic E-state index is 0.223. The first-order valence-corrected chi connectivity index (χ1v) is 6.98. The molecule has 0 amide bonds. The molecule has 3 aromatic rings. The highest BCUT2D eigenvalue weighted by Gasteiger charge is 2.26. The number of benzene rings is 1. The summed E-state index contributed by atoms with van der Waals surface area (Å²) >= 11 is 0. The zero-order chi connectivity index (χ0) is 14.2. The maximum absolute atomic E-state index is 13.6. The molecule has 0 atom stereocenters. The third kappa shape index (κ3) is 2.22. The minimum atomic E-state index is -0.223. The Morgan fingerprint density at radius 1 is 1.19 bits per heavy atom. The highest BCUT2D eigenvalue weighted by molar-refractivity contribution is 5.82. The van der Waals surface area contributed by atoms with Gasteiger partial charge in [0, 0.05) is 18.2 Å². The molecule has 1 N–H and O–H groups in total. The smallest absolute Gasteiger partial charge is 0.165 e. The molecule has 0 spiro atoms. The van der Waals surface area contributed by atoms with Crippen LogP contribution in [0.4, 0.5) is 10.2 Å². The Morgan fingerprint density at radius 2 is 2.05 bits per heavy atom. The first-order valence-electron chi connectivity index (χ1n) is 6.98. The van der Waals surface area contributed by atoms with Crippen LogP contribution in [0.2, 0.25) is 0 Å². The number of imidazole rings is 1. The van der Waals surface area contributed by atoms with E-state index in [1.807, 2.05) is 12.4 Å². The Labute approximate surface area is 120 Å². The summed E-state index contributed by atoms with van der Waals surface area (Å²) in [7, 11) is 0. The van der Waals surface area contributed by atoms with Crippen molar-refractivity contribution in [1.82, 2.24) is 19.5 Å². The van der Waals surface area contributed by atoms with Crippen LogP contribution in [0.1, 0.15) is 24.4 Å². The maximum Gasteiger partial charge on any atom is 0.165 e. The van der Waals surface area contributed by atoms with Gasteiger partial charge in [0.2, 0.25) is 0 Å². The highest BCUT2D eigenvalue weighted by atomic mass is 19.1. The summed E-state index contributed by atoms with van der Waals surface area (Å²) in [6.07, 6.45) is 5.68. The van der Waals surface area contributed by atoms with Gasteiger partial charge in [-0.2, -0.15) is 0 Å². The Kier molecular flexibility index (Phi) is 2.80. The molecule has 1 aliphatic rings. The lowest BCUT2D eigenvalue weighted by Crippen LogP contribution is -2.04. The molecule has 1 aliphatic carbocycles. The van der Waals surface area contributed by atoms with Gasteiger partial charge in [-0.15, -0.1) is 0 Å². The van der Waals surface area contributed by atoms with Crippen LogP contribution in [0.5, 0.6) is 0 Å². The van der Waals surface area contributed by atoms with Crippen LogP contribution in [0.25, 0.3) is 11.2 Å². The SMILES string of the molecule is Fc1ccccc1CNc1ncnc2c1ncn2C1CC1. The van der Waals surface area contributed by atoms with Gasteiger partial charge in [-0.25, -0.2) is 19.3 Å². The Morgan fingerprint density at radius 3 is 2.86 bits per heavy atom. The fraction of sp³-hybridized carbons (Fsp3) is 0.267.